The zero-order chi connectivity index (χ0) is 12.0. The minimum absolute atomic E-state index is 0.260. The van der Waals surface area contributed by atoms with Gasteiger partial charge in [-0.15, -0.1) is 0 Å². The lowest BCUT2D eigenvalue weighted by molar-refractivity contribution is 0.0738. The summed E-state index contributed by atoms with van der Waals surface area (Å²) < 4.78 is 7.33. The maximum absolute atomic E-state index is 5.49. The molecule has 1 N–H and O–H groups in total. The van der Waals surface area contributed by atoms with Gasteiger partial charge in [-0.25, -0.2) is 0 Å². The van der Waals surface area contributed by atoms with Gasteiger partial charge in [-0.05, 0) is 20.3 Å². The van der Waals surface area contributed by atoms with E-state index in [1.54, 1.807) is 0 Å². The van der Waals surface area contributed by atoms with Crippen molar-refractivity contribution in [2.75, 3.05) is 13.2 Å². The van der Waals surface area contributed by atoms with Gasteiger partial charge in [0.1, 0.15) is 0 Å². The fourth-order valence-electron chi connectivity index (χ4n) is 1.77. The highest BCUT2D eigenvalue weighted by Crippen LogP contribution is 2.15. The van der Waals surface area contributed by atoms with Crippen molar-refractivity contribution in [3.63, 3.8) is 0 Å². The normalized spacial score (nSPS) is 15.0. The SMILES string of the molecule is CCOC(C)CNC(CC)c1cnn(C)c1. The van der Waals surface area contributed by atoms with E-state index in [-0.39, 0.29) is 6.10 Å². The van der Waals surface area contributed by atoms with Crippen LogP contribution in [0, 0.1) is 0 Å². The van der Waals surface area contributed by atoms with Crippen LogP contribution >= 0.6 is 0 Å². The first kappa shape index (κ1) is 13.2. The third-order valence-corrected chi connectivity index (χ3v) is 2.64. The van der Waals surface area contributed by atoms with Crippen LogP contribution in [0.2, 0.25) is 0 Å². The van der Waals surface area contributed by atoms with Crippen molar-refractivity contribution in [3.8, 4) is 0 Å². The largest absolute Gasteiger partial charge is 0.377 e. The molecule has 0 amide bonds. The van der Waals surface area contributed by atoms with Gasteiger partial charge in [0.25, 0.3) is 0 Å². The lowest BCUT2D eigenvalue weighted by Crippen LogP contribution is -2.30. The van der Waals surface area contributed by atoms with Crippen molar-refractivity contribution < 1.29 is 4.74 Å². The summed E-state index contributed by atoms with van der Waals surface area (Å²) in [7, 11) is 1.94. The molecule has 0 aliphatic rings. The molecule has 0 aromatic carbocycles. The molecule has 0 radical (unpaired) electrons. The van der Waals surface area contributed by atoms with E-state index in [9.17, 15) is 0 Å². The van der Waals surface area contributed by atoms with E-state index in [1.807, 2.05) is 24.9 Å². The van der Waals surface area contributed by atoms with Crippen LogP contribution in [-0.2, 0) is 11.8 Å². The molecule has 2 unspecified atom stereocenters. The van der Waals surface area contributed by atoms with E-state index >= 15 is 0 Å². The first-order valence-corrected chi connectivity index (χ1v) is 6.00. The Morgan fingerprint density at radius 2 is 2.25 bits per heavy atom. The second kappa shape index (κ2) is 6.66. The summed E-state index contributed by atoms with van der Waals surface area (Å²) in [4.78, 5) is 0. The second-order valence-corrected chi connectivity index (χ2v) is 4.08. The van der Waals surface area contributed by atoms with Gasteiger partial charge in [0.2, 0.25) is 0 Å². The topological polar surface area (TPSA) is 39.1 Å². The van der Waals surface area contributed by atoms with E-state index < -0.39 is 0 Å². The van der Waals surface area contributed by atoms with Crippen molar-refractivity contribution in [3.05, 3.63) is 18.0 Å². The van der Waals surface area contributed by atoms with Crippen molar-refractivity contribution >= 4 is 0 Å². The average Bonchev–Trinajstić information content (AvgIpc) is 2.66. The molecule has 0 spiro atoms. The van der Waals surface area contributed by atoms with Crippen LogP contribution < -0.4 is 5.32 Å². The monoisotopic (exact) mass is 225 g/mol. The summed E-state index contributed by atoms with van der Waals surface area (Å²) in [6.45, 7) is 7.94. The molecule has 0 fully saturated rings. The Morgan fingerprint density at radius 3 is 2.75 bits per heavy atom. The van der Waals surface area contributed by atoms with Crippen LogP contribution in [0.5, 0.6) is 0 Å². The van der Waals surface area contributed by atoms with Crippen LogP contribution in [0.4, 0.5) is 0 Å². The standard InChI is InChI=1S/C12H23N3O/c1-5-12(11-8-14-15(4)9-11)13-7-10(3)16-6-2/h8-10,12-13H,5-7H2,1-4H3. The Morgan fingerprint density at radius 1 is 1.50 bits per heavy atom. The summed E-state index contributed by atoms with van der Waals surface area (Å²) in [5.41, 5.74) is 1.24. The highest BCUT2D eigenvalue weighted by atomic mass is 16.5. The Kier molecular flexibility index (Phi) is 5.49. The van der Waals surface area contributed by atoms with Crippen LogP contribution in [-0.4, -0.2) is 29.0 Å². The zero-order valence-corrected chi connectivity index (χ0v) is 10.7. The van der Waals surface area contributed by atoms with E-state index in [0.717, 1.165) is 19.6 Å². The summed E-state index contributed by atoms with van der Waals surface area (Å²) >= 11 is 0. The molecule has 0 aliphatic heterocycles. The van der Waals surface area contributed by atoms with Crippen molar-refractivity contribution in [1.82, 2.24) is 15.1 Å². The Balaban J connectivity index is 2.43. The van der Waals surface area contributed by atoms with Gasteiger partial charge >= 0.3 is 0 Å². The van der Waals surface area contributed by atoms with Gasteiger partial charge in [0.15, 0.2) is 0 Å². The van der Waals surface area contributed by atoms with Crippen molar-refractivity contribution in [2.24, 2.45) is 7.05 Å². The van der Waals surface area contributed by atoms with Crippen LogP contribution in [0.15, 0.2) is 12.4 Å². The first-order valence-electron chi connectivity index (χ1n) is 6.00. The third-order valence-electron chi connectivity index (χ3n) is 2.64. The van der Waals surface area contributed by atoms with E-state index in [2.05, 4.69) is 30.5 Å². The van der Waals surface area contributed by atoms with Crippen molar-refractivity contribution in [2.45, 2.75) is 39.3 Å². The number of ether oxygens (including phenoxy) is 1. The molecule has 4 heteroatoms. The number of rotatable bonds is 7. The molecule has 1 heterocycles. The molecule has 0 bridgehead atoms. The minimum atomic E-state index is 0.260. The highest BCUT2D eigenvalue weighted by molar-refractivity contribution is 5.09. The predicted octanol–water partition coefficient (Wildman–Crippen LogP) is 1.89. The van der Waals surface area contributed by atoms with Gasteiger partial charge in [-0.2, -0.15) is 5.10 Å². The van der Waals surface area contributed by atoms with Crippen molar-refractivity contribution in [1.29, 1.82) is 0 Å². The maximum Gasteiger partial charge on any atom is 0.0671 e. The Bertz CT molecular complexity index is 298. The molecule has 92 valence electrons. The van der Waals surface area contributed by atoms with Crippen LogP contribution in [0.25, 0.3) is 0 Å². The van der Waals surface area contributed by atoms with Gasteiger partial charge < -0.3 is 10.1 Å². The number of hydrogen-bond acceptors (Lipinski definition) is 3. The maximum atomic E-state index is 5.49. The highest BCUT2D eigenvalue weighted by Gasteiger charge is 2.11. The lowest BCUT2D eigenvalue weighted by atomic mass is 10.1. The predicted molar refractivity (Wildman–Crippen MR) is 65.3 cm³/mol. The van der Waals surface area contributed by atoms with Gasteiger partial charge in [0, 0.05) is 38.0 Å². The van der Waals surface area contributed by atoms with Gasteiger partial charge in [-0.3, -0.25) is 4.68 Å². The fraction of sp³-hybridized carbons (Fsp3) is 0.750. The molecule has 1 rings (SSSR count). The third kappa shape index (κ3) is 3.94. The number of hydrogen-bond donors (Lipinski definition) is 1. The second-order valence-electron chi connectivity index (χ2n) is 4.08. The molecular weight excluding hydrogens is 202 g/mol. The molecule has 0 saturated heterocycles. The van der Waals surface area contributed by atoms with Crippen LogP contribution in [0.1, 0.15) is 38.8 Å². The van der Waals surface area contributed by atoms with E-state index in [1.165, 1.54) is 5.56 Å². The number of aryl methyl sites for hydroxylation is 1. The molecule has 0 aliphatic carbocycles. The zero-order valence-electron chi connectivity index (χ0n) is 10.7. The molecule has 1 aromatic rings. The molecular formula is C12H23N3O. The van der Waals surface area contributed by atoms with E-state index in [0.29, 0.717) is 6.04 Å². The summed E-state index contributed by atoms with van der Waals surface area (Å²) in [5, 5.41) is 7.70. The average molecular weight is 225 g/mol. The molecule has 16 heavy (non-hydrogen) atoms. The summed E-state index contributed by atoms with van der Waals surface area (Å²) in [6.07, 6.45) is 5.31. The smallest absolute Gasteiger partial charge is 0.0671 e. The Hall–Kier alpha value is -0.870. The summed E-state index contributed by atoms with van der Waals surface area (Å²) in [6, 6.07) is 0.372. The van der Waals surface area contributed by atoms with Crippen LogP contribution in [0.3, 0.4) is 0 Å². The van der Waals surface area contributed by atoms with Gasteiger partial charge in [-0.1, -0.05) is 6.92 Å². The number of aromatic nitrogens is 2. The molecule has 4 nitrogen and oxygen atoms in total. The Labute approximate surface area is 98.0 Å². The number of nitrogens with one attached hydrogen (secondary N) is 1. The molecule has 2 atom stereocenters. The quantitative estimate of drug-likeness (QED) is 0.770. The molecule has 1 aromatic heterocycles. The van der Waals surface area contributed by atoms with E-state index in [4.69, 9.17) is 4.74 Å². The number of nitrogens with zero attached hydrogens (tertiary/aromatic N) is 2. The molecule has 0 saturated carbocycles. The minimum Gasteiger partial charge on any atom is -0.377 e. The first-order chi connectivity index (χ1) is 7.67. The van der Waals surface area contributed by atoms with Gasteiger partial charge in [0.05, 0.1) is 12.3 Å². The fourth-order valence-corrected chi connectivity index (χ4v) is 1.77. The lowest BCUT2D eigenvalue weighted by Gasteiger charge is -2.18. The summed E-state index contributed by atoms with van der Waals surface area (Å²) in [5.74, 6) is 0.